The summed E-state index contributed by atoms with van der Waals surface area (Å²) in [6.45, 7) is 9.81. The average molecular weight is 315 g/mol. The number of benzene rings is 1. The third-order valence-corrected chi connectivity index (χ3v) is 3.73. The summed E-state index contributed by atoms with van der Waals surface area (Å²) in [5, 5.41) is 11.5. The van der Waals surface area contributed by atoms with Crippen LogP contribution in [0.15, 0.2) is 24.3 Å². The number of nitriles is 1. The van der Waals surface area contributed by atoms with Crippen molar-refractivity contribution in [3.63, 3.8) is 0 Å². The third-order valence-electron chi connectivity index (χ3n) is 3.73. The van der Waals surface area contributed by atoms with Crippen LogP contribution in [0.4, 0.5) is 0 Å². The zero-order valence-electron chi connectivity index (χ0n) is 14.5. The van der Waals surface area contributed by atoms with Gasteiger partial charge in [0.15, 0.2) is 0 Å². The fourth-order valence-electron chi connectivity index (χ4n) is 2.20. The number of likely N-dealkylation sites (N-methyl/N-ethyl adjacent to an activating group) is 1. The van der Waals surface area contributed by atoms with Gasteiger partial charge in [-0.05, 0) is 31.5 Å². The van der Waals surface area contributed by atoms with Crippen LogP contribution >= 0.6 is 0 Å². The molecular formula is C18H25N3O2. The highest BCUT2D eigenvalue weighted by Crippen LogP contribution is 2.20. The van der Waals surface area contributed by atoms with E-state index < -0.39 is 5.41 Å². The van der Waals surface area contributed by atoms with Gasteiger partial charge < -0.3 is 10.2 Å². The second-order valence-corrected chi connectivity index (χ2v) is 6.52. The van der Waals surface area contributed by atoms with E-state index in [1.165, 1.54) is 0 Å². The summed E-state index contributed by atoms with van der Waals surface area (Å²) in [6.07, 6.45) is 0. The Kier molecular flexibility index (Phi) is 6.32. The van der Waals surface area contributed by atoms with E-state index >= 15 is 0 Å². The van der Waals surface area contributed by atoms with Crippen LogP contribution in [0, 0.1) is 16.7 Å². The molecule has 0 aliphatic rings. The lowest BCUT2D eigenvalue weighted by molar-refractivity contribution is -0.136. The Hall–Kier alpha value is -2.35. The third kappa shape index (κ3) is 5.10. The van der Waals surface area contributed by atoms with Gasteiger partial charge >= 0.3 is 0 Å². The van der Waals surface area contributed by atoms with Gasteiger partial charge in [0.25, 0.3) is 0 Å². The Bertz CT molecular complexity index is 594. The number of hydrogen-bond donors (Lipinski definition) is 1. The molecule has 5 nitrogen and oxygen atoms in total. The molecule has 0 spiro atoms. The average Bonchev–Trinajstić information content (AvgIpc) is 2.52. The van der Waals surface area contributed by atoms with Gasteiger partial charge in [0.2, 0.25) is 11.8 Å². The summed E-state index contributed by atoms with van der Waals surface area (Å²) >= 11 is 0. The van der Waals surface area contributed by atoms with Gasteiger partial charge in [0.1, 0.15) is 0 Å². The fourth-order valence-corrected chi connectivity index (χ4v) is 2.20. The lowest BCUT2D eigenvalue weighted by atomic mass is 9.96. The normalized spacial score (nSPS) is 12.2. The van der Waals surface area contributed by atoms with E-state index in [9.17, 15) is 9.59 Å². The van der Waals surface area contributed by atoms with Crippen molar-refractivity contribution in [2.45, 2.75) is 40.7 Å². The fraction of sp³-hybridized carbons (Fsp3) is 0.500. The van der Waals surface area contributed by atoms with E-state index in [0.717, 1.165) is 5.56 Å². The zero-order valence-corrected chi connectivity index (χ0v) is 14.5. The van der Waals surface area contributed by atoms with Crippen LogP contribution in [-0.2, 0) is 9.59 Å². The number of carbonyl (C=O) groups excluding carboxylic acids is 2. The first kappa shape index (κ1) is 18.7. The summed E-state index contributed by atoms with van der Waals surface area (Å²) in [7, 11) is 0. The van der Waals surface area contributed by atoms with Crippen molar-refractivity contribution in [2.75, 3.05) is 13.1 Å². The molecule has 0 fully saturated rings. The maximum absolute atomic E-state index is 12.4. The van der Waals surface area contributed by atoms with Crippen LogP contribution in [0.3, 0.4) is 0 Å². The number of carbonyl (C=O) groups is 2. The van der Waals surface area contributed by atoms with Crippen LogP contribution < -0.4 is 5.32 Å². The van der Waals surface area contributed by atoms with Gasteiger partial charge in [-0.15, -0.1) is 0 Å². The highest BCUT2D eigenvalue weighted by atomic mass is 16.2. The Labute approximate surface area is 138 Å². The summed E-state index contributed by atoms with van der Waals surface area (Å²) in [6, 6.07) is 9.15. The van der Waals surface area contributed by atoms with Crippen molar-refractivity contribution in [1.29, 1.82) is 5.26 Å². The van der Waals surface area contributed by atoms with Crippen molar-refractivity contribution >= 4 is 11.8 Å². The molecule has 1 aromatic carbocycles. The lowest BCUT2D eigenvalue weighted by Crippen LogP contribution is -2.44. The highest BCUT2D eigenvalue weighted by molar-refractivity contribution is 5.87. The minimum absolute atomic E-state index is 0.00936. The van der Waals surface area contributed by atoms with Crippen LogP contribution in [0.25, 0.3) is 0 Å². The number of amides is 2. The molecule has 1 unspecified atom stereocenters. The summed E-state index contributed by atoms with van der Waals surface area (Å²) < 4.78 is 0. The number of rotatable bonds is 5. The Morgan fingerprint density at radius 2 is 1.83 bits per heavy atom. The van der Waals surface area contributed by atoms with Gasteiger partial charge in [-0.1, -0.05) is 32.9 Å². The minimum Gasteiger partial charge on any atom is -0.347 e. The van der Waals surface area contributed by atoms with E-state index in [1.54, 1.807) is 17.0 Å². The number of hydrogen-bond acceptors (Lipinski definition) is 3. The molecule has 0 aromatic heterocycles. The molecule has 0 aliphatic carbocycles. The molecule has 0 saturated heterocycles. The molecule has 0 radical (unpaired) electrons. The Morgan fingerprint density at radius 1 is 1.26 bits per heavy atom. The van der Waals surface area contributed by atoms with E-state index in [2.05, 4.69) is 11.4 Å². The first-order valence-corrected chi connectivity index (χ1v) is 7.78. The van der Waals surface area contributed by atoms with Gasteiger partial charge in [-0.25, -0.2) is 0 Å². The zero-order chi connectivity index (χ0) is 17.6. The topological polar surface area (TPSA) is 73.2 Å². The predicted octanol–water partition coefficient (Wildman–Crippen LogP) is 2.63. The number of nitrogens with one attached hydrogen (secondary N) is 1. The first-order valence-electron chi connectivity index (χ1n) is 7.78. The quantitative estimate of drug-likeness (QED) is 0.907. The van der Waals surface area contributed by atoms with Crippen molar-refractivity contribution in [3.05, 3.63) is 35.4 Å². The summed E-state index contributed by atoms with van der Waals surface area (Å²) in [5.41, 5.74) is 1.03. The van der Waals surface area contributed by atoms with Crippen molar-refractivity contribution < 1.29 is 9.59 Å². The van der Waals surface area contributed by atoms with Crippen LogP contribution in [0.1, 0.15) is 51.8 Å². The minimum atomic E-state index is -0.518. The van der Waals surface area contributed by atoms with Crippen molar-refractivity contribution in [3.8, 4) is 6.07 Å². The van der Waals surface area contributed by atoms with E-state index in [0.29, 0.717) is 12.1 Å². The van der Waals surface area contributed by atoms with E-state index in [4.69, 9.17) is 5.26 Å². The largest absolute Gasteiger partial charge is 0.347 e. The second kappa shape index (κ2) is 7.77. The molecule has 124 valence electrons. The maximum Gasteiger partial charge on any atom is 0.242 e. The number of nitrogens with zero attached hydrogens (tertiary/aromatic N) is 2. The van der Waals surface area contributed by atoms with Gasteiger partial charge in [-0.2, -0.15) is 5.26 Å². The molecule has 0 bridgehead atoms. The first-order chi connectivity index (χ1) is 10.7. The molecule has 2 amide bonds. The predicted molar refractivity (Wildman–Crippen MR) is 89.4 cm³/mol. The molecule has 0 heterocycles. The Balaban J connectivity index is 2.76. The Morgan fingerprint density at radius 3 is 2.26 bits per heavy atom. The van der Waals surface area contributed by atoms with Gasteiger partial charge in [0.05, 0.1) is 24.2 Å². The standard InChI is InChI=1S/C18H25N3O2/c1-6-21(16(22)12-20-17(23)18(3,4)5)13(2)15-9-7-14(11-19)8-10-15/h7-10,13H,6,12H2,1-5H3,(H,20,23). The molecule has 0 saturated carbocycles. The smallest absolute Gasteiger partial charge is 0.242 e. The van der Waals surface area contributed by atoms with Gasteiger partial charge in [-0.3, -0.25) is 9.59 Å². The summed E-state index contributed by atoms with van der Waals surface area (Å²) in [4.78, 5) is 26.0. The lowest BCUT2D eigenvalue weighted by Gasteiger charge is -2.29. The van der Waals surface area contributed by atoms with E-state index in [1.807, 2.05) is 46.8 Å². The summed E-state index contributed by atoms with van der Waals surface area (Å²) in [5.74, 6) is -0.269. The molecular weight excluding hydrogens is 290 g/mol. The van der Waals surface area contributed by atoms with Crippen LogP contribution in [0.2, 0.25) is 0 Å². The van der Waals surface area contributed by atoms with Crippen molar-refractivity contribution in [1.82, 2.24) is 10.2 Å². The molecule has 5 heteroatoms. The van der Waals surface area contributed by atoms with E-state index in [-0.39, 0.29) is 24.4 Å². The molecule has 1 atom stereocenters. The molecule has 1 N–H and O–H groups in total. The highest BCUT2D eigenvalue weighted by Gasteiger charge is 2.24. The molecule has 1 aromatic rings. The molecule has 1 rings (SSSR count). The van der Waals surface area contributed by atoms with Gasteiger partial charge in [0, 0.05) is 12.0 Å². The second-order valence-electron chi connectivity index (χ2n) is 6.52. The maximum atomic E-state index is 12.4. The van der Waals surface area contributed by atoms with Crippen LogP contribution in [-0.4, -0.2) is 29.8 Å². The monoisotopic (exact) mass is 315 g/mol. The SMILES string of the molecule is CCN(C(=O)CNC(=O)C(C)(C)C)C(C)c1ccc(C#N)cc1. The van der Waals surface area contributed by atoms with Crippen LogP contribution in [0.5, 0.6) is 0 Å². The van der Waals surface area contributed by atoms with Crippen molar-refractivity contribution in [2.24, 2.45) is 5.41 Å². The molecule has 0 aliphatic heterocycles. The molecule has 23 heavy (non-hydrogen) atoms.